The molecule has 1 aromatic heterocycles. The first-order valence-electron chi connectivity index (χ1n) is 7.95. The smallest absolute Gasteiger partial charge is 0.258 e. The second-order valence-electron chi connectivity index (χ2n) is 6.01. The van der Waals surface area contributed by atoms with Crippen LogP contribution in [0.15, 0.2) is 30.5 Å². The number of carbonyl (C=O) groups excluding carboxylic acids is 1. The number of aromatic nitrogens is 1. The molecule has 0 atom stereocenters. The first-order valence-corrected chi connectivity index (χ1v) is 7.95. The summed E-state index contributed by atoms with van der Waals surface area (Å²) in [7, 11) is 0. The normalized spacial score (nSPS) is 16.3. The Hall–Kier alpha value is -2.40. The Morgan fingerprint density at radius 2 is 2.30 bits per heavy atom. The maximum Gasteiger partial charge on any atom is 0.258 e. The van der Waals surface area contributed by atoms with E-state index < -0.39 is 0 Å². The largest absolute Gasteiger partial charge is 0.376 e. The Labute approximate surface area is 135 Å². The summed E-state index contributed by atoms with van der Waals surface area (Å²) in [6, 6.07) is 7.93. The molecule has 4 rings (SSSR count). The topological polar surface area (TPSA) is 54.5 Å². The van der Waals surface area contributed by atoms with E-state index in [4.69, 9.17) is 4.74 Å². The van der Waals surface area contributed by atoms with Gasteiger partial charge in [0.2, 0.25) is 0 Å². The zero-order valence-corrected chi connectivity index (χ0v) is 13.1. The average Bonchev–Trinajstić information content (AvgIpc) is 2.60. The average molecular weight is 309 g/mol. The van der Waals surface area contributed by atoms with Crippen molar-refractivity contribution in [1.82, 2.24) is 4.98 Å². The molecular formula is C18H19N3O2. The van der Waals surface area contributed by atoms with E-state index in [1.54, 1.807) is 0 Å². The van der Waals surface area contributed by atoms with Crippen LogP contribution in [0.1, 0.15) is 27.0 Å². The first-order chi connectivity index (χ1) is 11.2. The summed E-state index contributed by atoms with van der Waals surface area (Å²) in [6.45, 7) is 4.63. The number of amides is 1. The second-order valence-corrected chi connectivity index (χ2v) is 6.01. The van der Waals surface area contributed by atoms with Crippen molar-refractivity contribution in [2.45, 2.75) is 20.0 Å². The molecule has 23 heavy (non-hydrogen) atoms. The number of fused-ring (bicyclic) bond motifs is 2. The summed E-state index contributed by atoms with van der Waals surface area (Å²) in [5.41, 5.74) is 4.96. The number of hydrogen-bond acceptors (Lipinski definition) is 4. The fourth-order valence-corrected chi connectivity index (χ4v) is 3.28. The van der Waals surface area contributed by atoms with E-state index in [-0.39, 0.29) is 5.91 Å². The molecule has 2 aromatic rings. The molecule has 1 aromatic carbocycles. The Balaban J connectivity index is 1.76. The van der Waals surface area contributed by atoms with E-state index in [0.717, 1.165) is 40.2 Å². The molecule has 0 fully saturated rings. The van der Waals surface area contributed by atoms with Crippen LogP contribution < -0.4 is 10.2 Å². The number of hydrogen-bond donors (Lipinski definition) is 1. The molecule has 118 valence electrons. The zero-order chi connectivity index (χ0) is 15.8. The minimum Gasteiger partial charge on any atom is -0.376 e. The SMILES string of the molecule is Cc1cnc2c(c1)N(C(=O)c1cccc3c1CCOC3)CCN2. The van der Waals surface area contributed by atoms with Crippen molar-refractivity contribution in [3.63, 3.8) is 0 Å². The third-order valence-electron chi connectivity index (χ3n) is 4.43. The van der Waals surface area contributed by atoms with E-state index in [9.17, 15) is 4.79 Å². The van der Waals surface area contributed by atoms with Gasteiger partial charge in [-0.2, -0.15) is 0 Å². The summed E-state index contributed by atoms with van der Waals surface area (Å²) in [5.74, 6) is 0.835. The van der Waals surface area contributed by atoms with Crippen LogP contribution in [0.4, 0.5) is 11.5 Å². The lowest BCUT2D eigenvalue weighted by atomic mass is 9.96. The lowest BCUT2D eigenvalue weighted by molar-refractivity contribution is 0.0973. The molecule has 3 heterocycles. The Kier molecular flexibility index (Phi) is 3.50. The van der Waals surface area contributed by atoms with Crippen LogP contribution in [0.2, 0.25) is 0 Å². The number of anilines is 2. The van der Waals surface area contributed by atoms with Gasteiger partial charge in [0.05, 0.1) is 18.9 Å². The number of pyridine rings is 1. The van der Waals surface area contributed by atoms with Gasteiger partial charge in [0.15, 0.2) is 0 Å². The van der Waals surface area contributed by atoms with Crippen LogP contribution >= 0.6 is 0 Å². The number of nitrogens with one attached hydrogen (secondary N) is 1. The van der Waals surface area contributed by atoms with Gasteiger partial charge in [-0.3, -0.25) is 4.79 Å². The predicted octanol–water partition coefficient (Wildman–Crippen LogP) is 2.54. The second kappa shape index (κ2) is 5.66. The van der Waals surface area contributed by atoms with Crippen LogP contribution in [-0.2, 0) is 17.8 Å². The number of carbonyl (C=O) groups is 1. The summed E-state index contributed by atoms with van der Waals surface area (Å²) in [4.78, 5) is 19.4. The van der Waals surface area contributed by atoms with Crippen molar-refractivity contribution in [2.75, 3.05) is 29.9 Å². The number of benzene rings is 1. The summed E-state index contributed by atoms with van der Waals surface area (Å²) < 4.78 is 5.50. The van der Waals surface area contributed by atoms with Gasteiger partial charge in [-0.1, -0.05) is 12.1 Å². The van der Waals surface area contributed by atoms with Gasteiger partial charge in [-0.15, -0.1) is 0 Å². The first kappa shape index (κ1) is 14.2. The molecule has 5 heteroatoms. The molecule has 5 nitrogen and oxygen atoms in total. The van der Waals surface area contributed by atoms with Gasteiger partial charge in [0.25, 0.3) is 5.91 Å². The van der Waals surface area contributed by atoms with Crippen molar-refractivity contribution in [2.24, 2.45) is 0 Å². The van der Waals surface area contributed by atoms with E-state index in [1.807, 2.05) is 42.3 Å². The fourth-order valence-electron chi connectivity index (χ4n) is 3.28. The van der Waals surface area contributed by atoms with E-state index in [0.29, 0.717) is 26.3 Å². The highest BCUT2D eigenvalue weighted by molar-refractivity contribution is 6.09. The highest BCUT2D eigenvalue weighted by Crippen LogP contribution is 2.30. The summed E-state index contributed by atoms with van der Waals surface area (Å²) in [5, 5.41) is 3.26. The lowest BCUT2D eigenvalue weighted by Crippen LogP contribution is -2.40. The number of rotatable bonds is 1. The van der Waals surface area contributed by atoms with Crippen LogP contribution in [0.3, 0.4) is 0 Å². The zero-order valence-electron chi connectivity index (χ0n) is 13.1. The molecule has 2 aliphatic heterocycles. The van der Waals surface area contributed by atoms with Crippen molar-refractivity contribution >= 4 is 17.4 Å². The Bertz CT molecular complexity index is 773. The summed E-state index contributed by atoms with van der Waals surface area (Å²) in [6.07, 6.45) is 2.61. The molecule has 0 radical (unpaired) electrons. The lowest BCUT2D eigenvalue weighted by Gasteiger charge is -2.31. The van der Waals surface area contributed by atoms with Crippen LogP contribution in [-0.4, -0.2) is 30.6 Å². The quantitative estimate of drug-likeness (QED) is 0.879. The Morgan fingerprint density at radius 3 is 3.22 bits per heavy atom. The van der Waals surface area contributed by atoms with Crippen molar-refractivity contribution in [3.05, 3.63) is 52.7 Å². The molecular weight excluding hydrogens is 290 g/mol. The van der Waals surface area contributed by atoms with Crippen LogP contribution in [0, 0.1) is 6.92 Å². The Morgan fingerprint density at radius 1 is 1.39 bits per heavy atom. The van der Waals surface area contributed by atoms with Crippen molar-refractivity contribution < 1.29 is 9.53 Å². The van der Waals surface area contributed by atoms with Gasteiger partial charge in [0.1, 0.15) is 5.82 Å². The highest BCUT2D eigenvalue weighted by atomic mass is 16.5. The van der Waals surface area contributed by atoms with Gasteiger partial charge in [-0.05, 0) is 42.2 Å². The van der Waals surface area contributed by atoms with Gasteiger partial charge < -0.3 is 15.0 Å². The monoisotopic (exact) mass is 309 g/mol. The minimum absolute atomic E-state index is 0.0545. The third kappa shape index (κ3) is 2.47. The van der Waals surface area contributed by atoms with Crippen molar-refractivity contribution in [1.29, 1.82) is 0 Å². The molecule has 1 N–H and O–H groups in total. The minimum atomic E-state index is 0.0545. The van der Waals surface area contributed by atoms with Crippen LogP contribution in [0.5, 0.6) is 0 Å². The molecule has 0 spiro atoms. The van der Waals surface area contributed by atoms with E-state index in [1.165, 1.54) is 0 Å². The van der Waals surface area contributed by atoms with Crippen molar-refractivity contribution in [3.8, 4) is 0 Å². The molecule has 0 unspecified atom stereocenters. The predicted molar refractivity (Wildman–Crippen MR) is 88.9 cm³/mol. The molecule has 0 saturated heterocycles. The van der Waals surface area contributed by atoms with Crippen LogP contribution in [0.25, 0.3) is 0 Å². The van der Waals surface area contributed by atoms with E-state index >= 15 is 0 Å². The van der Waals surface area contributed by atoms with Gasteiger partial charge in [0, 0.05) is 24.8 Å². The molecule has 2 aliphatic rings. The molecule has 0 aliphatic carbocycles. The maximum atomic E-state index is 13.2. The maximum absolute atomic E-state index is 13.2. The van der Waals surface area contributed by atoms with Gasteiger partial charge in [-0.25, -0.2) is 4.98 Å². The molecule has 0 saturated carbocycles. The standard InChI is InChI=1S/C18H19N3O2/c1-12-9-16-17(20-10-12)19-6-7-21(16)18(22)15-4-2-3-13-11-23-8-5-14(13)15/h2-4,9-10H,5-8,11H2,1H3,(H,19,20). The fraction of sp³-hybridized carbons (Fsp3) is 0.333. The van der Waals surface area contributed by atoms with Gasteiger partial charge >= 0.3 is 0 Å². The highest BCUT2D eigenvalue weighted by Gasteiger charge is 2.27. The summed E-state index contributed by atoms with van der Waals surface area (Å²) >= 11 is 0. The third-order valence-corrected chi connectivity index (χ3v) is 4.43. The number of aryl methyl sites for hydroxylation is 1. The number of nitrogens with zero attached hydrogens (tertiary/aromatic N) is 2. The number of ether oxygens (including phenoxy) is 1. The molecule has 0 bridgehead atoms. The van der Waals surface area contributed by atoms with E-state index in [2.05, 4.69) is 10.3 Å². The molecule has 1 amide bonds.